The lowest BCUT2D eigenvalue weighted by molar-refractivity contribution is -0.146. The van der Waals surface area contributed by atoms with Gasteiger partial charge in [0.2, 0.25) is 5.91 Å². The number of nitrogens with one attached hydrogen (secondary N) is 1. The maximum Gasteiger partial charge on any atom is 0.331 e. The second-order valence-electron chi connectivity index (χ2n) is 7.90. The van der Waals surface area contributed by atoms with Crippen LogP contribution < -0.4 is 5.32 Å². The van der Waals surface area contributed by atoms with Crippen LogP contribution in [0.4, 0.5) is 5.69 Å². The van der Waals surface area contributed by atoms with Gasteiger partial charge in [0.1, 0.15) is 0 Å². The molecule has 1 saturated carbocycles. The van der Waals surface area contributed by atoms with E-state index >= 15 is 0 Å². The predicted octanol–water partition coefficient (Wildman–Crippen LogP) is 3.25. The predicted molar refractivity (Wildman–Crippen MR) is 88.2 cm³/mol. The summed E-state index contributed by atoms with van der Waals surface area (Å²) in [5.41, 5.74) is -0.200. The second kappa shape index (κ2) is 6.34. The minimum atomic E-state index is -1.14. The Bertz CT molecular complexity index is 580. The maximum absolute atomic E-state index is 12.2. The Morgan fingerprint density at radius 1 is 1.39 bits per heavy atom. The highest BCUT2D eigenvalue weighted by molar-refractivity contribution is 5.90. The Kier molecular flexibility index (Phi) is 4.82. The zero-order valence-electron chi connectivity index (χ0n) is 14.4. The third-order valence-corrected chi connectivity index (χ3v) is 4.90. The van der Waals surface area contributed by atoms with Crippen LogP contribution in [0.3, 0.4) is 0 Å². The normalized spacial score (nSPS) is 18.6. The van der Waals surface area contributed by atoms with Gasteiger partial charge in [0.05, 0.1) is 11.9 Å². The molecule has 128 valence electrons. The quantitative estimate of drug-likeness (QED) is 0.872. The number of carboxylic acids is 1. The van der Waals surface area contributed by atoms with E-state index < -0.39 is 11.5 Å². The molecule has 1 aliphatic rings. The van der Waals surface area contributed by atoms with E-state index in [0.717, 1.165) is 25.7 Å². The Labute approximate surface area is 137 Å². The summed E-state index contributed by atoms with van der Waals surface area (Å²) < 4.78 is 1.36. The van der Waals surface area contributed by atoms with Crippen molar-refractivity contribution in [3.63, 3.8) is 0 Å². The molecule has 1 aliphatic carbocycles. The van der Waals surface area contributed by atoms with Crippen molar-refractivity contribution in [1.82, 2.24) is 9.78 Å². The molecule has 1 aromatic heterocycles. The Hall–Kier alpha value is -1.85. The van der Waals surface area contributed by atoms with Gasteiger partial charge in [-0.15, -0.1) is 0 Å². The van der Waals surface area contributed by atoms with Gasteiger partial charge in [-0.3, -0.25) is 9.48 Å². The molecule has 0 bridgehead atoms. The first-order valence-corrected chi connectivity index (χ1v) is 8.18. The van der Waals surface area contributed by atoms with Crippen LogP contribution in [0.25, 0.3) is 0 Å². The van der Waals surface area contributed by atoms with Gasteiger partial charge in [-0.2, -0.15) is 5.10 Å². The van der Waals surface area contributed by atoms with Crippen molar-refractivity contribution >= 4 is 17.6 Å². The van der Waals surface area contributed by atoms with E-state index in [1.54, 1.807) is 20.0 Å². The summed E-state index contributed by atoms with van der Waals surface area (Å²) in [6, 6.07) is 0. The molecule has 1 aromatic rings. The number of hydrogen-bond donors (Lipinski definition) is 2. The highest BCUT2D eigenvalue weighted by Gasteiger charge is 2.31. The lowest BCUT2D eigenvalue weighted by Gasteiger charge is -2.34. The molecule has 6 heteroatoms. The number of amides is 1. The largest absolute Gasteiger partial charge is 0.479 e. The van der Waals surface area contributed by atoms with Crippen molar-refractivity contribution in [3.05, 3.63) is 12.4 Å². The molecular formula is C17H27N3O3. The van der Waals surface area contributed by atoms with Crippen LogP contribution >= 0.6 is 0 Å². The van der Waals surface area contributed by atoms with Gasteiger partial charge in [-0.25, -0.2) is 4.79 Å². The molecule has 0 saturated heterocycles. The van der Waals surface area contributed by atoms with Gasteiger partial charge >= 0.3 is 5.97 Å². The van der Waals surface area contributed by atoms with Gasteiger partial charge in [0.15, 0.2) is 5.54 Å². The summed E-state index contributed by atoms with van der Waals surface area (Å²) in [6.45, 7) is 7.69. The fourth-order valence-electron chi connectivity index (χ4n) is 2.93. The Morgan fingerprint density at radius 3 is 2.57 bits per heavy atom. The maximum atomic E-state index is 12.2. The van der Waals surface area contributed by atoms with Crippen molar-refractivity contribution in [2.75, 3.05) is 5.32 Å². The first-order chi connectivity index (χ1) is 10.6. The van der Waals surface area contributed by atoms with Crippen LogP contribution in [0.5, 0.6) is 0 Å². The van der Waals surface area contributed by atoms with E-state index in [-0.39, 0.29) is 5.91 Å². The van der Waals surface area contributed by atoms with Crippen LogP contribution in [0.1, 0.15) is 59.8 Å². The van der Waals surface area contributed by atoms with E-state index in [2.05, 4.69) is 24.3 Å². The summed E-state index contributed by atoms with van der Waals surface area (Å²) in [5, 5.41) is 16.1. The number of nitrogens with zero attached hydrogens (tertiary/aromatic N) is 2. The van der Waals surface area contributed by atoms with Crippen molar-refractivity contribution in [2.24, 2.45) is 11.3 Å². The molecule has 0 aromatic carbocycles. The van der Waals surface area contributed by atoms with E-state index in [1.165, 1.54) is 10.9 Å². The highest BCUT2D eigenvalue weighted by Crippen LogP contribution is 2.39. The zero-order valence-corrected chi connectivity index (χ0v) is 14.4. The summed E-state index contributed by atoms with van der Waals surface area (Å²) in [5.74, 6) is -0.556. The van der Waals surface area contributed by atoms with Crippen LogP contribution in [0, 0.1) is 11.3 Å². The number of carbonyl (C=O) groups is 2. The topological polar surface area (TPSA) is 84.2 Å². The summed E-state index contributed by atoms with van der Waals surface area (Å²) in [7, 11) is 0. The number of carbonyl (C=O) groups excluding carboxylic acids is 1. The molecule has 0 aliphatic heterocycles. The fraction of sp³-hybridized carbons (Fsp3) is 0.706. The average Bonchev–Trinajstić information content (AvgIpc) is 2.90. The average molecular weight is 321 g/mol. The van der Waals surface area contributed by atoms with E-state index in [0.29, 0.717) is 23.4 Å². The fourth-order valence-corrected chi connectivity index (χ4v) is 2.93. The van der Waals surface area contributed by atoms with Gasteiger partial charge < -0.3 is 10.4 Å². The smallest absolute Gasteiger partial charge is 0.331 e. The minimum Gasteiger partial charge on any atom is -0.479 e. The summed E-state index contributed by atoms with van der Waals surface area (Å²) >= 11 is 0. The van der Waals surface area contributed by atoms with Gasteiger partial charge in [0, 0.05) is 12.6 Å². The molecule has 0 unspecified atom stereocenters. The Morgan fingerprint density at radius 2 is 2.00 bits per heavy atom. The molecule has 0 radical (unpaired) electrons. The summed E-state index contributed by atoms with van der Waals surface area (Å²) in [4.78, 5) is 23.4. The first-order valence-electron chi connectivity index (χ1n) is 8.18. The summed E-state index contributed by atoms with van der Waals surface area (Å²) in [6.07, 6.45) is 8.08. The molecular weight excluding hydrogens is 294 g/mol. The molecule has 6 nitrogen and oxygen atoms in total. The van der Waals surface area contributed by atoms with Crippen LogP contribution in [-0.4, -0.2) is 26.8 Å². The van der Waals surface area contributed by atoms with Crippen molar-refractivity contribution in [2.45, 2.75) is 65.3 Å². The third kappa shape index (κ3) is 4.33. The number of aliphatic carboxylic acids is 1. The van der Waals surface area contributed by atoms with Gasteiger partial charge in [-0.05, 0) is 50.9 Å². The van der Waals surface area contributed by atoms with E-state index in [4.69, 9.17) is 0 Å². The molecule has 0 spiro atoms. The lowest BCUT2D eigenvalue weighted by atomic mass is 9.72. The standard InChI is InChI=1S/C17H27N3O3/c1-16(2)7-5-12(6-8-16)9-14(21)19-13-10-18-20(11-13)17(3,4)15(22)23/h10-12H,5-9H2,1-4H3,(H,19,21)(H,22,23). The van der Waals surface area contributed by atoms with Crippen molar-refractivity contribution in [3.8, 4) is 0 Å². The van der Waals surface area contributed by atoms with Gasteiger partial charge in [0.25, 0.3) is 0 Å². The number of anilines is 1. The van der Waals surface area contributed by atoms with Crippen molar-refractivity contribution < 1.29 is 14.7 Å². The first kappa shape index (κ1) is 17.5. The van der Waals surface area contributed by atoms with Gasteiger partial charge in [-0.1, -0.05) is 13.8 Å². The zero-order chi connectivity index (χ0) is 17.3. The second-order valence-corrected chi connectivity index (χ2v) is 7.90. The minimum absolute atomic E-state index is 0.0256. The highest BCUT2D eigenvalue weighted by atomic mass is 16.4. The number of rotatable bonds is 5. The lowest BCUT2D eigenvalue weighted by Crippen LogP contribution is -2.35. The monoisotopic (exact) mass is 321 g/mol. The molecule has 1 fully saturated rings. The van der Waals surface area contributed by atoms with Crippen LogP contribution in [0.2, 0.25) is 0 Å². The SMILES string of the molecule is CC1(C)CCC(CC(=O)Nc2cnn(C(C)(C)C(=O)O)c2)CC1. The number of hydrogen-bond acceptors (Lipinski definition) is 3. The van der Waals surface area contributed by atoms with Crippen LogP contribution in [0.15, 0.2) is 12.4 Å². The molecule has 0 atom stereocenters. The molecule has 2 N–H and O–H groups in total. The number of carboxylic acid groups (broad SMARTS) is 1. The van der Waals surface area contributed by atoms with E-state index in [1.807, 2.05) is 0 Å². The van der Waals surface area contributed by atoms with E-state index in [9.17, 15) is 14.7 Å². The Balaban J connectivity index is 1.89. The van der Waals surface area contributed by atoms with Crippen molar-refractivity contribution in [1.29, 1.82) is 0 Å². The molecule has 23 heavy (non-hydrogen) atoms. The number of aromatic nitrogens is 2. The molecule has 1 amide bonds. The van der Waals surface area contributed by atoms with Crippen LogP contribution in [-0.2, 0) is 15.1 Å². The molecule has 1 heterocycles. The molecule has 2 rings (SSSR count). The third-order valence-electron chi connectivity index (χ3n) is 4.90.